The van der Waals surface area contributed by atoms with Crippen LogP contribution in [0.15, 0.2) is 24.3 Å². The minimum atomic E-state index is -0.437. The van der Waals surface area contributed by atoms with Crippen LogP contribution < -0.4 is 5.73 Å². The lowest BCUT2D eigenvalue weighted by Gasteiger charge is -2.52. The predicted molar refractivity (Wildman–Crippen MR) is 115 cm³/mol. The average molecular weight is 412 g/mol. The summed E-state index contributed by atoms with van der Waals surface area (Å²) in [7, 11) is 0. The fourth-order valence-electron chi connectivity index (χ4n) is 5.84. The molecule has 1 aliphatic carbocycles. The average Bonchev–Trinajstić information content (AvgIpc) is 3.21. The highest BCUT2D eigenvalue weighted by Gasteiger charge is 2.56. The highest BCUT2D eigenvalue weighted by Crippen LogP contribution is 2.51. The number of likely N-dealkylation sites (tertiary alicyclic amines) is 1. The molecular weight excluding hydrogens is 378 g/mol. The summed E-state index contributed by atoms with van der Waals surface area (Å²) in [6.07, 6.45) is 5.06. The van der Waals surface area contributed by atoms with Crippen molar-refractivity contribution in [1.82, 2.24) is 9.80 Å². The van der Waals surface area contributed by atoms with Gasteiger partial charge in [0.1, 0.15) is 0 Å². The maximum absolute atomic E-state index is 14.0. The van der Waals surface area contributed by atoms with E-state index in [0.29, 0.717) is 44.0 Å². The van der Waals surface area contributed by atoms with Crippen LogP contribution in [0.1, 0.15) is 74.2 Å². The number of piperidine rings is 1. The number of hydrogen-bond donors (Lipinski definition) is 1. The van der Waals surface area contributed by atoms with E-state index in [1.165, 1.54) is 0 Å². The lowest BCUT2D eigenvalue weighted by atomic mass is 9.70. The number of fused-ring (bicyclic) bond motifs is 1. The summed E-state index contributed by atoms with van der Waals surface area (Å²) in [6.45, 7) is 6.03. The Kier molecular flexibility index (Phi) is 5.60. The van der Waals surface area contributed by atoms with Gasteiger partial charge in [0.15, 0.2) is 0 Å². The van der Waals surface area contributed by atoms with Crippen molar-refractivity contribution in [3.63, 3.8) is 0 Å². The third-order valence-electron chi connectivity index (χ3n) is 7.30. The minimum absolute atomic E-state index is 0.0673. The molecule has 162 valence electrons. The van der Waals surface area contributed by atoms with Gasteiger partial charge in [0.25, 0.3) is 5.91 Å². The lowest BCUT2D eigenvalue weighted by Crippen LogP contribution is -2.62. The molecule has 1 spiro atoms. The molecule has 2 aliphatic heterocycles. The van der Waals surface area contributed by atoms with Gasteiger partial charge in [-0.15, -0.1) is 0 Å². The van der Waals surface area contributed by atoms with E-state index < -0.39 is 5.54 Å². The third kappa shape index (κ3) is 3.40. The fourth-order valence-corrected chi connectivity index (χ4v) is 5.84. The Labute approximate surface area is 178 Å². The van der Waals surface area contributed by atoms with E-state index in [4.69, 9.17) is 5.73 Å². The second kappa shape index (κ2) is 8.05. The Balaban J connectivity index is 1.74. The SMILES string of the molecule is CC(C)CN1C(=O)c2ccccc2[C@H](C(=O)N2CCC(C(N)=O)CC2)C12CCCC2. The third-order valence-corrected chi connectivity index (χ3v) is 7.30. The van der Waals surface area contributed by atoms with Crippen LogP contribution in [0.3, 0.4) is 0 Å². The molecule has 1 aromatic rings. The molecule has 2 fully saturated rings. The molecule has 0 bridgehead atoms. The van der Waals surface area contributed by atoms with E-state index >= 15 is 0 Å². The zero-order chi connectivity index (χ0) is 21.5. The van der Waals surface area contributed by atoms with Gasteiger partial charge in [-0.2, -0.15) is 0 Å². The van der Waals surface area contributed by atoms with Crippen LogP contribution in [0.2, 0.25) is 0 Å². The van der Waals surface area contributed by atoms with Crippen LogP contribution in [0.25, 0.3) is 0 Å². The highest BCUT2D eigenvalue weighted by molar-refractivity contribution is 6.02. The highest BCUT2D eigenvalue weighted by atomic mass is 16.2. The first-order valence-corrected chi connectivity index (χ1v) is 11.3. The largest absolute Gasteiger partial charge is 0.369 e. The molecule has 1 saturated heterocycles. The van der Waals surface area contributed by atoms with Crippen LogP contribution >= 0.6 is 0 Å². The number of rotatable bonds is 4. The van der Waals surface area contributed by atoms with Crippen LogP contribution in [0.4, 0.5) is 0 Å². The second-order valence-corrected chi connectivity index (χ2v) is 9.64. The molecular formula is C24H33N3O3. The van der Waals surface area contributed by atoms with Gasteiger partial charge in [0.05, 0.1) is 11.5 Å². The molecule has 1 saturated carbocycles. The summed E-state index contributed by atoms with van der Waals surface area (Å²) in [5.74, 6) is -0.249. The summed E-state index contributed by atoms with van der Waals surface area (Å²) in [4.78, 5) is 43.0. The monoisotopic (exact) mass is 411 g/mol. The first-order valence-electron chi connectivity index (χ1n) is 11.3. The number of nitrogens with zero attached hydrogens (tertiary/aromatic N) is 2. The summed E-state index contributed by atoms with van der Waals surface area (Å²) in [5.41, 5.74) is 6.59. The zero-order valence-corrected chi connectivity index (χ0v) is 18.1. The molecule has 0 unspecified atom stereocenters. The number of benzene rings is 1. The molecule has 6 nitrogen and oxygen atoms in total. The van der Waals surface area contributed by atoms with Crippen molar-refractivity contribution in [2.24, 2.45) is 17.6 Å². The van der Waals surface area contributed by atoms with Crippen LogP contribution in [-0.2, 0) is 9.59 Å². The van der Waals surface area contributed by atoms with E-state index in [2.05, 4.69) is 13.8 Å². The van der Waals surface area contributed by atoms with Gasteiger partial charge in [-0.05, 0) is 43.2 Å². The number of primary amides is 1. The smallest absolute Gasteiger partial charge is 0.254 e. The van der Waals surface area contributed by atoms with E-state index in [1.807, 2.05) is 34.1 Å². The van der Waals surface area contributed by atoms with Gasteiger partial charge < -0.3 is 15.5 Å². The van der Waals surface area contributed by atoms with Gasteiger partial charge in [-0.25, -0.2) is 0 Å². The standard InChI is InChI=1S/C24H33N3O3/c1-16(2)15-27-22(29)19-8-4-3-7-18(19)20(24(27)11-5-6-12-24)23(30)26-13-9-17(10-14-26)21(25)28/h3-4,7-8,16-17,20H,5-6,9-15H2,1-2H3,(H2,25,28)/t20-/m1/s1. The molecule has 2 N–H and O–H groups in total. The minimum Gasteiger partial charge on any atom is -0.369 e. The van der Waals surface area contributed by atoms with Crippen LogP contribution in [-0.4, -0.2) is 52.7 Å². The van der Waals surface area contributed by atoms with Crippen LogP contribution in [0.5, 0.6) is 0 Å². The Hall–Kier alpha value is -2.37. The Morgan fingerprint density at radius 3 is 2.37 bits per heavy atom. The van der Waals surface area contributed by atoms with Gasteiger partial charge >= 0.3 is 0 Å². The van der Waals surface area contributed by atoms with Crippen molar-refractivity contribution in [3.05, 3.63) is 35.4 Å². The summed E-state index contributed by atoms with van der Waals surface area (Å²) < 4.78 is 0. The van der Waals surface area contributed by atoms with Crippen LogP contribution in [0, 0.1) is 11.8 Å². The lowest BCUT2D eigenvalue weighted by molar-refractivity contribution is -0.140. The molecule has 6 heteroatoms. The van der Waals surface area contributed by atoms with Gasteiger partial charge in [-0.1, -0.05) is 44.9 Å². The maximum atomic E-state index is 14.0. The van der Waals surface area contributed by atoms with Crippen molar-refractivity contribution in [2.45, 2.75) is 63.8 Å². The van der Waals surface area contributed by atoms with Crippen molar-refractivity contribution in [1.29, 1.82) is 0 Å². The molecule has 30 heavy (non-hydrogen) atoms. The normalized spacial score (nSPS) is 23.8. The zero-order valence-electron chi connectivity index (χ0n) is 18.1. The van der Waals surface area contributed by atoms with Crippen molar-refractivity contribution >= 4 is 17.7 Å². The van der Waals surface area contributed by atoms with E-state index in [1.54, 1.807) is 0 Å². The van der Waals surface area contributed by atoms with Gasteiger partial charge in [0, 0.05) is 31.1 Å². The van der Waals surface area contributed by atoms with Crippen molar-refractivity contribution in [2.75, 3.05) is 19.6 Å². The molecule has 0 aromatic heterocycles. The summed E-state index contributed by atoms with van der Waals surface area (Å²) >= 11 is 0. The first-order chi connectivity index (χ1) is 14.3. The maximum Gasteiger partial charge on any atom is 0.254 e. The number of carbonyl (C=O) groups is 3. The molecule has 4 rings (SSSR count). The quantitative estimate of drug-likeness (QED) is 0.827. The molecule has 3 aliphatic rings. The molecule has 2 heterocycles. The van der Waals surface area contributed by atoms with E-state index in [-0.39, 0.29) is 29.6 Å². The molecule has 0 radical (unpaired) electrons. The topological polar surface area (TPSA) is 83.7 Å². The van der Waals surface area contributed by atoms with E-state index in [0.717, 1.165) is 31.2 Å². The Morgan fingerprint density at radius 2 is 1.77 bits per heavy atom. The Morgan fingerprint density at radius 1 is 1.13 bits per heavy atom. The first kappa shape index (κ1) is 20.9. The predicted octanol–water partition coefficient (Wildman–Crippen LogP) is 2.92. The summed E-state index contributed by atoms with van der Waals surface area (Å²) in [5, 5.41) is 0. The van der Waals surface area contributed by atoms with Crippen molar-refractivity contribution in [3.8, 4) is 0 Å². The fraction of sp³-hybridized carbons (Fsp3) is 0.625. The summed E-state index contributed by atoms with van der Waals surface area (Å²) in [6, 6.07) is 7.66. The second-order valence-electron chi connectivity index (χ2n) is 9.64. The molecule has 1 atom stereocenters. The van der Waals surface area contributed by atoms with Gasteiger partial charge in [-0.3, -0.25) is 14.4 Å². The van der Waals surface area contributed by atoms with Gasteiger partial charge in [0.2, 0.25) is 11.8 Å². The number of carbonyl (C=O) groups excluding carboxylic acids is 3. The van der Waals surface area contributed by atoms with Crippen molar-refractivity contribution < 1.29 is 14.4 Å². The Bertz CT molecular complexity index is 836. The number of amides is 3. The molecule has 1 aromatic carbocycles. The number of hydrogen-bond acceptors (Lipinski definition) is 3. The van der Waals surface area contributed by atoms with E-state index in [9.17, 15) is 14.4 Å². The molecule has 3 amide bonds. The number of nitrogens with two attached hydrogens (primary N) is 1.